The van der Waals surface area contributed by atoms with Crippen molar-refractivity contribution in [3.05, 3.63) is 42.2 Å². The molecule has 0 atom stereocenters. The molecule has 0 saturated carbocycles. The van der Waals surface area contributed by atoms with E-state index in [0.717, 1.165) is 0 Å². The van der Waals surface area contributed by atoms with Crippen molar-refractivity contribution in [2.75, 3.05) is 0 Å². The van der Waals surface area contributed by atoms with Gasteiger partial charge in [0.2, 0.25) is 5.91 Å². The lowest BCUT2D eigenvalue weighted by atomic mass is 10.1. The summed E-state index contributed by atoms with van der Waals surface area (Å²) in [6.07, 6.45) is 0. The Hall–Kier alpha value is -1.64. The first-order chi connectivity index (χ1) is 7.00. The number of carbonyl (C=O) groups is 1. The van der Waals surface area contributed by atoms with Crippen molar-refractivity contribution in [2.24, 2.45) is 5.92 Å². The predicted octanol–water partition coefficient (Wildman–Crippen LogP) is 2.57. The van der Waals surface area contributed by atoms with Gasteiger partial charge in [-0.2, -0.15) is 0 Å². The van der Waals surface area contributed by atoms with Crippen LogP contribution in [0.2, 0.25) is 0 Å². The molecule has 1 amide bonds. The molecule has 0 heterocycles. The van der Waals surface area contributed by atoms with Crippen LogP contribution in [0.5, 0.6) is 0 Å². The molecule has 0 radical (unpaired) electrons. The highest BCUT2D eigenvalue weighted by molar-refractivity contribution is 5.87. The van der Waals surface area contributed by atoms with Gasteiger partial charge in [0.25, 0.3) is 0 Å². The molecule has 0 fully saturated rings. The molecule has 0 spiro atoms. The van der Waals surface area contributed by atoms with Crippen LogP contribution in [0.3, 0.4) is 0 Å². The zero-order valence-corrected chi connectivity index (χ0v) is 8.88. The van der Waals surface area contributed by atoms with Crippen LogP contribution < -0.4 is 5.32 Å². The van der Waals surface area contributed by atoms with Crippen LogP contribution in [0.1, 0.15) is 19.4 Å². The number of nitrogens with one attached hydrogen (secondary N) is 1. The van der Waals surface area contributed by atoms with Crippen molar-refractivity contribution in [2.45, 2.75) is 13.8 Å². The van der Waals surface area contributed by atoms with Crippen molar-refractivity contribution in [3.63, 3.8) is 0 Å². The summed E-state index contributed by atoms with van der Waals surface area (Å²) in [5.74, 6) is -0.492. The zero-order chi connectivity index (χ0) is 11.4. The summed E-state index contributed by atoms with van der Waals surface area (Å²) in [6, 6.07) is 5.83. The molecular formula is C12H14FNO. The maximum atomic E-state index is 12.6. The van der Waals surface area contributed by atoms with Crippen LogP contribution in [0.25, 0.3) is 5.70 Å². The third-order valence-electron chi connectivity index (χ3n) is 1.99. The third kappa shape index (κ3) is 3.20. The number of rotatable bonds is 3. The summed E-state index contributed by atoms with van der Waals surface area (Å²) in [4.78, 5) is 11.3. The minimum atomic E-state index is -0.304. The Morgan fingerprint density at radius 1 is 1.33 bits per heavy atom. The summed E-state index contributed by atoms with van der Waals surface area (Å²) in [5.41, 5.74) is 1.21. The normalized spacial score (nSPS) is 10.1. The maximum Gasteiger partial charge on any atom is 0.226 e. The lowest BCUT2D eigenvalue weighted by Crippen LogP contribution is -2.25. The average Bonchev–Trinajstić information content (AvgIpc) is 2.18. The Labute approximate surface area is 88.8 Å². The van der Waals surface area contributed by atoms with Crippen molar-refractivity contribution in [3.8, 4) is 0 Å². The molecule has 0 aliphatic rings. The van der Waals surface area contributed by atoms with Crippen molar-refractivity contribution in [1.29, 1.82) is 0 Å². The molecule has 0 aromatic heterocycles. The Bertz CT molecular complexity index is 368. The number of benzene rings is 1. The fourth-order valence-electron chi connectivity index (χ4n) is 1.02. The summed E-state index contributed by atoms with van der Waals surface area (Å²) >= 11 is 0. The summed E-state index contributed by atoms with van der Waals surface area (Å²) in [7, 11) is 0. The van der Waals surface area contributed by atoms with Crippen LogP contribution in [0.4, 0.5) is 4.39 Å². The first-order valence-corrected chi connectivity index (χ1v) is 4.76. The molecule has 80 valence electrons. The van der Waals surface area contributed by atoms with Gasteiger partial charge in [0.15, 0.2) is 0 Å². The Balaban J connectivity index is 2.69. The van der Waals surface area contributed by atoms with Gasteiger partial charge >= 0.3 is 0 Å². The molecule has 0 bridgehead atoms. The highest BCUT2D eigenvalue weighted by Gasteiger charge is 2.08. The van der Waals surface area contributed by atoms with E-state index in [2.05, 4.69) is 11.9 Å². The van der Waals surface area contributed by atoms with E-state index < -0.39 is 0 Å². The van der Waals surface area contributed by atoms with E-state index in [-0.39, 0.29) is 17.6 Å². The van der Waals surface area contributed by atoms with Crippen LogP contribution in [-0.2, 0) is 4.79 Å². The van der Waals surface area contributed by atoms with E-state index in [4.69, 9.17) is 0 Å². The summed E-state index contributed by atoms with van der Waals surface area (Å²) in [5, 5.41) is 2.66. The number of carbonyl (C=O) groups excluding carboxylic acids is 1. The van der Waals surface area contributed by atoms with Gasteiger partial charge in [-0.1, -0.05) is 32.6 Å². The van der Waals surface area contributed by atoms with Crippen LogP contribution >= 0.6 is 0 Å². The molecule has 0 aliphatic heterocycles. The van der Waals surface area contributed by atoms with Crippen LogP contribution in [0.15, 0.2) is 30.8 Å². The first-order valence-electron chi connectivity index (χ1n) is 4.76. The van der Waals surface area contributed by atoms with E-state index in [1.807, 2.05) is 0 Å². The minimum absolute atomic E-state index is 0.0932. The van der Waals surface area contributed by atoms with Gasteiger partial charge < -0.3 is 5.32 Å². The van der Waals surface area contributed by atoms with E-state index in [1.54, 1.807) is 26.0 Å². The van der Waals surface area contributed by atoms with Gasteiger partial charge in [-0.3, -0.25) is 4.79 Å². The summed E-state index contributed by atoms with van der Waals surface area (Å²) in [6.45, 7) is 7.32. The molecular weight excluding hydrogens is 193 g/mol. The molecule has 0 aliphatic carbocycles. The lowest BCUT2D eigenvalue weighted by molar-refractivity contribution is -0.122. The van der Waals surface area contributed by atoms with Gasteiger partial charge in [0.1, 0.15) is 5.82 Å². The number of hydrogen-bond acceptors (Lipinski definition) is 1. The van der Waals surface area contributed by atoms with Crippen LogP contribution in [-0.4, -0.2) is 5.91 Å². The number of halogens is 1. The van der Waals surface area contributed by atoms with E-state index >= 15 is 0 Å². The topological polar surface area (TPSA) is 29.1 Å². The quantitative estimate of drug-likeness (QED) is 0.810. The Kier molecular flexibility index (Phi) is 3.61. The van der Waals surface area contributed by atoms with Gasteiger partial charge in [0, 0.05) is 11.6 Å². The number of hydrogen-bond donors (Lipinski definition) is 1. The van der Waals surface area contributed by atoms with E-state index in [1.165, 1.54) is 12.1 Å². The monoisotopic (exact) mass is 207 g/mol. The van der Waals surface area contributed by atoms with E-state index in [9.17, 15) is 9.18 Å². The van der Waals surface area contributed by atoms with Gasteiger partial charge in [-0.15, -0.1) is 0 Å². The molecule has 1 aromatic carbocycles. The van der Waals surface area contributed by atoms with Gasteiger partial charge in [-0.05, 0) is 17.7 Å². The lowest BCUT2D eigenvalue weighted by Gasteiger charge is -2.10. The third-order valence-corrected chi connectivity index (χ3v) is 1.99. The highest BCUT2D eigenvalue weighted by Crippen LogP contribution is 2.10. The molecule has 0 unspecified atom stereocenters. The second-order valence-corrected chi connectivity index (χ2v) is 3.63. The fraction of sp³-hybridized carbons (Fsp3) is 0.250. The first kappa shape index (κ1) is 11.4. The molecule has 1 rings (SSSR count). The molecule has 2 nitrogen and oxygen atoms in total. The molecule has 0 saturated heterocycles. The summed E-state index contributed by atoms with van der Waals surface area (Å²) < 4.78 is 12.6. The standard InChI is InChI=1S/C12H14FNO/c1-8(2)12(15)14-9(3)10-4-6-11(13)7-5-10/h4-8H,3H2,1-2H3,(H,14,15). The van der Waals surface area contributed by atoms with Gasteiger partial charge in [0.05, 0.1) is 0 Å². The second-order valence-electron chi connectivity index (χ2n) is 3.63. The molecule has 1 aromatic rings. The predicted molar refractivity (Wildman–Crippen MR) is 58.4 cm³/mol. The van der Waals surface area contributed by atoms with Crippen molar-refractivity contribution in [1.82, 2.24) is 5.32 Å². The van der Waals surface area contributed by atoms with Crippen molar-refractivity contribution < 1.29 is 9.18 Å². The second kappa shape index (κ2) is 4.73. The maximum absolute atomic E-state index is 12.6. The molecule has 3 heteroatoms. The molecule has 15 heavy (non-hydrogen) atoms. The highest BCUT2D eigenvalue weighted by atomic mass is 19.1. The fourth-order valence-corrected chi connectivity index (χ4v) is 1.02. The average molecular weight is 207 g/mol. The smallest absolute Gasteiger partial charge is 0.226 e. The largest absolute Gasteiger partial charge is 0.326 e. The number of amides is 1. The zero-order valence-electron chi connectivity index (χ0n) is 8.88. The van der Waals surface area contributed by atoms with Crippen LogP contribution in [0, 0.1) is 11.7 Å². The van der Waals surface area contributed by atoms with E-state index in [0.29, 0.717) is 11.3 Å². The Morgan fingerprint density at radius 3 is 2.33 bits per heavy atom. The molecule has 1 N–H and O–H groups in total. The van der Waals surface area contributed by atoms with Gasteiger partial charge in [-0.25, -0.2) is 4.39 Å². The Morgan fingerprint density at radius 2 is 1.87 bits per heavy atom. The van der Waals surface area contributed by atoms with Crippen molar-refractivity contribution >= 4 is 11.6 Å². The SMILES string of the molecule is C=C(NC(=O)C(C)C)c1ccc(F)cc1. The minimum Gasteiger partial charge on any atom is -0.326 e.